The van der Waals surface area contributed by atoms with Crippen molar-refractivity contribution in [1.82, 2.24) is 15.0 Å². The first-order valence-corrected chi connectivity index (χ1v) is 7.18. The van der Waals surface area contributed by atoms with E-state index in [1.807, 2.05) is 10.9 Å². The second-order valence-electron chi connectivity index (χ2n) is 4.89. The number of carbonyl (C=O) groups is 1. The van der Waals surface area contributed by atoms with Crippen LogP contribution in [-0.4, -0.2) is 34.0 Å². The second-order valence-corrected chi connectivity index (χ2v) is 4.89. The fourth-order valence-electron chi connectivity index (χ4n) is 1.87. The maximum absolute atomic E-state index is 10.6. The van der Waals surface area contributed by atoms with Gasteiger partial charge in [-0.25, -0.2) is 0 Å². The van der Waals surface area contributed by atoms with E-state index in [0.717, 1.165) is 50.8 Å². The van der Waals surface area contributed by atoms with Gasteiger partial charge in [0.1, 0.15) is 6.61 Å². The van der Waals surface area contributed by atoms with Crippen LogP contribution in [0.4, 0.5) is 0 Å². The number of ketones is 1. The smallest absolute Gasteiger partial charge is 0.155 e. The van der Waals surface area contributed by atoms with Crippen LogP contribution < -0.4 is 0 Å². The van der Waals surface area contributed by atoms with Gasteiger partial charge in [0.2, 0.25) is 0 Å². The lowest BCUT2D eigenvalue weighted by atomic mass is 10.2. The third-order valence-corrected chi connectivity index (χ3v) is 2.82. The highest BCUT2D eigenvalue weighted by molar-refractivity contribution is 5.76. The van der Waals surface area contributed by atoms with Gasteiger partial charge in [0.15, 0.2) is 5.78 Å². The summed E-state index contributed by atoms with van der Waals surface area (Å²) in [6, 6.07) is 0. The predicted octanol–water partition coefficient (Wildman–Crippen LogP) is 2.40. The number of aryl methyl sites for hydroxylation is 2. The minimum Gasteiger partial charge on any atom is -0.374 e. The van der Waals surface area contributed by atoms with Gasteiger partial charge in [-0.3, -0.25) is 9.48 Å². The van der Waals surface area contributed by atoms with Gasteiger partial charge in [0, 0.05) is 19.3 Å². The quantitative estimate of drug-likeness (QED) is 0.578. The predicted molar refractivity (Wildman–Crippen MR) is 74.0 cm³/mol. The highest BCUT2D eigenvalue weighted by atomic mass is 16.5. The van der Waals surface area contributed by atoms with Gasteiger partial charge < -0.3 is 4.74 Å². The van der Waals surface area contributed by atoms with Crippen molar-refractivity contribution < 1.29 is 9.53 Å². The zero-order valence-electron chi connectivity index (χ0n) is 12.1. The zero-order valence-corrected chi connectivity index (χ0v) is 12.1. The zero-order chi connectivity index (χ0) is 13.9. The third-order valence-electron chi connectivity index (χ3n) is 2.82. The second kappa shape index (κ2) is 9.67. The Morgan fingerprint density at radius 2 is 2.11 bits per heavy atom. The van der Waals surface area contributed by atoms with Crippen LogP contribution in [0, 0.1) is 0 Å². The Morgan fingerprint density at radius 1 is 1.32 bits per heavy atom. The Balaban J connectivity index is 1.96. The summed E-state index contributed by atoms with van der Waals surface area (Å²) in [5.74, 6) is 0.0917. The molecule has 0 aliphatic rings. The van der Waals surface area contributed by atoms with Gasteiger partial charge in [-0.15, -0.1) is 5.10 Å². The van der Waals surface area contributed by atoms with E-state index in [1.165, 1.54) is 0 Å². The maximum atomic E-state index is 10.6. The van der Waals surface area contributed by atoms with Crippen LogP contribution in [0.15, 0.2) is 6.20 Å². The van der Waals surface area contributed by atoms with Crippen LogP contribution in [-0.2, 0) is 22.5 Å². The van der Waals surface area contributed by atoms with Crippen LogP contribution in [0.2, 0.25) is 0 Å². The monoisotopic (exact) mass is 267 g/mol. The van der Waals surface area contributed by atoms with Crippen LogP contribution in [0.25, 0.3) is 0 Å². The molecule has 0 amide bonds. The van der Waals surface area contributed by atoms with Crippen molar-refractivity contribution in [2.75, 3.05) is 13.2 Å². The molecule has 0 aliphatic heterocycles. The highest BCUT2D eigenvalue weighted by Gasteiger charge is 1.99. The normalized spacial score (nSPS) is 10.8. The van der Waals surface area contributed by atoms with Crippen molar-refractivity contribution >= 4 is 5.78 Å². The molecular weight excluding hydrogens is 242 g/mol. The van der Waals surface area contributed by atoms with Crippen LogP contribution >= 0.6 is 0 Å². The summed E-state index contributed by atoms with van der Waals surface area (Å²) in [7, 11) is 0. The number of Topliss-reactive ketones (excluding diaryl/α,β-unsaturated/α-hetero) is 1. The Hall–Kier alpha value is -1.23. The SMILES string of the molecule is CCCc1cn(CCCCCCOCC(C)=O)nn1. The first-order chi connectivity index (χ1) is 9.22. The van der Waals surface area contributed by atoms with Crippen molar-refractivity contribution in [3.05, 3.63) is 11.9 Å². The minimum absolute atomic E-state index is 0.0917. The van der Waals surface area contributed by atoms with Crippen molar-refractivity contribution in [1.29, 1.82) is 0 Å². The van der Waals surface area contributed by atoms with E-state index in [9.17, 15) is 4.79 Å². The topological polar surface area (TPSA) is 57.0 Å². The number of hydrogen-bond donors (Lipinski definition) is 0. The van der Waals surface area contributed by atoms with Crippen molar-refractivity contribution in [2.45, 2.75) is 58.9 Å². The first-order valence-electron chi connectivity index (χ1n) is 7.18. The molecule has 0 N–H and O–H groups in total. The molecule has 0 atom stereocenters. The average molecular weight is 267 g/mol. The van der Waals surface area contributed by atoms with Gasteiger partial charge in [-0.05, 0) is 26.2 Å². The number of unbranched alkanes of at least 4 members (excludes halogenated alkanes) is 3. The van der Waals surface area contributed by atoms with E-state index in [-0.39, 0.29) is 12.4 Å². The lowest BCUT2D eigenvalue weighted by Gasteiger charge is -2.02. The lowest BCUT2D eigenvalue weighted by molar-refractivity contribution is -0.121. The third kappa shape index (κ3) is 7.72. The summed E-state index contributed by atoms with van der Waals surface area (Å²) in [6.07, 6.45) is 8.58. The number of carbonyl (C=O) groups excluding carboxylic acids is 1. The molecule has 19 heavy (non-hydrogen) atoms. The first kappa shape index (κ1) is 15.8. The summed E-state index contributed by atoms with van der Waals surface area (Å²) < 4.78 is 7.14. The van der Waals surface area contributed by atoms with Crippen LogP contribution in [0.5, 0.6) is 0 Å². The van der Waals surface area contributed by atoms with E-state index >= 15 is 0 Å². The van der Waals surface area contributed by atoms with E-state index < -0.39 is 0 Å². The number of nitrogens with zero attached hydrogens (tertiary/aromatic N) is 3. The van der Waals surface area contributed by atoms with Gasteiger partial charge in [0.25, 0.3) is 0 Å². The molecule has 1 aromatic rings. The fourth-order valence-corrected chi connectivity index (χ4v) is 1.87. The summed E-state index contributed by atoms with van der Waals surface area (Å²) in [5, 5.41) is 8.23. The molecule has 0 aliphatic carbocycles. The highest BCUT2D eigenvalue weighted by Crippen LogP contribution is 2.03. The Labute approximate surface area is 115 Å². The van der Waals surface area contributed by atoms with Gasteiger partial charge in [-0.2, -0.15) is 0 Å². The number of ether oxygens (including phenoxy) is 1. The molecule has 0 radical (unpaired) electrons. The molecule has 5 nitrogen and oxygen atoms in total. The Kier molecular flexibility index (Phi) is 8.05. The van der Waals surface area contributed by atoms with Crippen molar-refractivity contribution in [2.24, 2.45) is 0 Å². The van der Waals surface area contributed by atoms with Gasteiger partial charge >= 0.3 is 0 Å². The Bertz CT molecular complexity index is 363. The molecule has 0 aromatic carbocycles. The van der Waals surface area contributed by atoms with Gasteiger partial charge in [0.05, 0.1) is 5.69 Å². The van der Waals surface area contributed by atoms with Crippen LogP contribution in [0.1, 0.15) is 51.6 Å². The standard InChI is InChI=1S/C14H25N3O2/c1-3-8-14-11-17(16-15-14)9-6-4-5-7-10-19-12-13(2)18/h11H,3-10,12H2,1-2H3. The van der Waals surface area contributed by atoms with Crippen molar-refractivity contribution in [3.63, 3.8) is 0 Å². The average Bonchev–Trinajstić information content (AvgIpc) is 2.80. The van der Waals surface area contributed by atoms with E-state index in [2.05, 4.69) is 17.2 Å². The largest absolute Gasteiger partial charge is 0.374 e. The van der Waals surface area contributed by atoms with Crippen molar-refractivity contribution in [3.8, 4) is 0 Å². The summed E-state index contributed by atoms with van der Waals surface area (Å²) in [4.78, 5) is 10.6. The molecule has 1 rings (SSSR count). The van der Waals surface area contributed by atoms with E-state index in [0.29, 0.717) is 6.61 Å². The molecule has 108 valence electrons. The Morgan fingerprint density at radius 3 is 2.84 bits per heavy atom. The maximum Gasteiger partial charge on any atom is 0.155 e. The number of hydrogen-bond acceptors (Lipinski definition) is 4. The molecule has 0 fully saturated rings. The summed E-state index contributed by atoms with van der Waals surface area (Å²) in [6.45, 7) is 5.56. The van der Waals surface area contributed by atoms with Gasteiger partial charge in [-0.1, -0.05) is 31.4 Å². The molecule has 0 bridgehead atoms. The van der Waals surface area contributed by atoms with E-state index in [1.54, 1.807) is 6.92 Å². The summed E-state index contributed by atoms with van der Waals surface area (Å²) >= 11 is 0. The lowest BCUT2D eigenvalue weighted by Crippen LogP contribution is -2.05. The fraction of sp³-hybridized carbons (Fsp3) is 0.786. The molecule has 5 heteroatoms. The van der Waals surface area contributed by atoms with Crippen LogP contribution in [0.3, 0.4) is 0 Å². The molecule has 0 saturated heterocycles. The molecule has 1 aromatic heterocycles. The number of rotatable bonds is 11. The number of aromatic nitrogens is 3. The molecule has 0 unspecified atom stereocenters. The summed E-state index contributed by atoms with van der Waals surface area (Å²) in [5.41, 5.74) is 1.08. The molecule has 0 spiro atoms. The minimum atomic E-state index is 0.0917. The van der Waals surface area contributed by atoms with E-state index in [4.69, 9.17) is 4.74 Å². The molecular formula is C14H25N3O2. The molecule has 0 saturated carbocycles. The molecule has 1 heterocycles.